The number of hydrogen-bond acceptors (Lipinski definition) is 4. The molecule has 7 nitrogen and oxygen atoms in total. The van der Waals surface area contributed by atoms with Crippen LogP contribution in [0.4, 0.5) is 18.9 Å². The first-order chi connectivity index (χ1) is 19.6. The van der Waals surface area contributed by atoms with Gasteiger partial charge < -0.3 is 10.2 Å². The summed E-state index contributed by atoms with van der Waals surface area (Å²) in [5, 5.41) is 2.85. The fraction of sp³-hybridized carbons (Fsp3) is 0.355. The van der Waals surface area contributed by atoms with Crippen molar-refractivity contribution in [3.8, 4) is 0 Å². The van der Waals surface area contributed by atoms with Crippen molar-refractivity contribution in [1.29, 1.82) is 0 Å². The molecule has 0 radical (unpaired) electrons. The van der Waals surface area contributed by atoms with Gasteiger partial charge in [-0.25, -0.2) is 8.42 Å². The van der Waals surface area contributed by atoms with Gasteiger partial charge in [-0.2, -0.15) is 13.2 Å². The molecule has 0 aliphatic rings. The van der Waals surface area contributed by atoms with E-state index in [-0.39, 0.29) is 23.2 Å². The van der Waals surface area contributed by atoms with Crippen molar-refractivity contribution < 1.29 is 31.2 Å². The van der Waals surface area contributed by atoms with Gasteiger partial charge in [-0.3, -0.25) is 13.9 Å². The molecule has 0 aliphatic heterocycles. The molecule has 3 aromatic rings. The molecule has 226 valence electrons. The summed E-state index contributed by atoms with van der Waals surface area (Å²) in [5.74, 6) is -1.18. The zero-order valence-electron chi connectivity index (χ0n) is 24.3. The third kappa shape index (κ3) is 7.90. The van der Waals surface area contributed by atoms with Gasteiger partial charge in [0.15, 0.2) is 0 Å². The van der Waals surface area contributed by atoms with Gasteiger partial charge in [0.2, 0.25) is 11.8 Å². The number of sulfonamides is 1. The summed E-state index contributed by atoms with van der Waals surface area (Å²) in [5.41, 5.74) is 0.981. The van der Waals surface area contributed by atoms with Crippen molar-refractivity contribution in [1.82, 2.24) is 10.2 Å². The number of alkyl halides is 3. The average molecular weight is 604 g/mol. The van der Waals surface area contributed by atoms with Crippen LogP contribution in [0.3, 0.4) is 0 Å². The molecular formula is C31H36F3N3O4S. The third-order valence-electron chi connectivity index (χ3n) is 7.12. The topological polar surface area (TPSA) is 86.8 Å². The first kappa shape index (κ1) is 32.7. The molecule has 0 heterocycles. The molecule has 0 saturated carbocycles. The lowest BCUT2D eigenvalue weighted by Gasteiger charge is -2.33. The molecule has 11 heteroatoms. The molecule has 0 bridgehead atoms. The van der Waals surface area contributed by atoms with Crippen LogP contribution in [0.2, 0.25) is 0 Å². The van der Waals surface area contributed by atoms with Crippen LogP contribution in [0.5, 0.6) is 0 Å². The van der Waals surface area contributed by atoms with E-state index in [4.69, 9.17) is 0 Å². The number of amides is 2. The Kier molecular flexibility index (Phi) is 10.4. The van der Waals surface area contributed by atoms with Crippen LogP contribution in [0, 0.1) is 13.8 Å². The highest BCUT2D eigenvalue weighted by Crippen LogP contribution is 2.33. The summed E-state index contributed by atoms with van der Waals surface area (Å²) in [6.07, 6.45) is -4.08. The van der Waals surface area contributed by atoms with E-state index < -0.39 is 46.2 Å². The number of carbonyl (C=O) groups is 2. The average Bonchev–Trinajstić information content (AvgIpc) is 2.94. The van der Waals surface area contributed by atoms with Crippen molar-refractivity contribution in [2.24, 2.45) is 0 Å². The highest BCUT2D eigenvalue weighted by Gasteiger charge is 2.35. The third-order valence-corrected chi connectivity index (χ3v) is 8.91. The van der Waals surface area contributed by atoms with Crippen molar-refractivity contribution in [2.45, 2.75) is 70.7 Å². The van der Waals surface area contributed by atoms with Gasteiger partial charge in [0.1, 0.15) is 12.6 Å². The summed E-state index contributed by atoms with van der Waals surface area (Å²) in [6.45, 7) is 8.03. The predicted octanol–water partition coefficient (Wildman–Crippen LogP) is 5.85. The zero-order chi connectivity index (χ0) is 31.2. The van der Waals surface area contributed by atoms with Crippen LogP contribution in [0.25, 0.3) is 0 Å². The number of hydrogen-bond donors (Lipinski definition) is 1. The van der Waals surface area contributed by atoms with Gasteiger partial charge in [-0.15, -0.1) is 0 Å². The maximum absolute atomic E-state index is 14.0. The van der Waals surface area contributed by atoms with Crippen molar-refractivity contribution >= 4 is 27.5 Å². The summed E-state index contributed by atoms with van der Waals surface area (Å²) in [7, 11) is -4.49. The van der Waals surface area contributed by atoms with Gasteiger partial charge in [0.05, 0.1) is 16.1 Å². The Bertz CT molecular complexity index is 1510. The van der Waals surface area contributed by atoms with E-state index in [9.17, 15) is 31.2 Å². The lowest BCUT2D eigenvalue weighted by atomic mass is 10.1. The van der Waals surface area contributed by atoms with Crippen LogP contribution in [0.1, 0.15) is 49.4 Å². The summed E-state index contributed by atoms with van der Waals surface area (Å²) < 4.78 is 69.2. The minimum absolute atomic E-state index is 0.0123. The van der Waals surface area contributed by atoms with Gasteiger partial charge in [-0.1, -0.05) is 55.0 Å². The van der Waals surface area contributed by atoms with E-state index in [2.05, 4.69) is 5.32 Å². The van der Waals surface area contributed by atoms with Crippen LogP contribution >= 0.6 is 0 Å². The van der Waals surface area contributed by atoms with Crippen LogP contribution in [0.15, 0.2) is 77.7 Å². The van der Waals surface area contributed by atoms with E-state index in [1.165, 1.54) is 30.0 Å². The molecule has 2 atom stereocenters. The van der Waals surface area contributed by atoms with E-state index in [1.54, 1.807) is 31.2 Å². The molecule has 0 saturated heterocycles. The fourth-order valence-corrected chi connectivity index (χ4v) is 5.63. The number of halogens is 3. The lowest BCUT2D eigenvalue weighted by molar-refractivity contribution is -0.139. The lowest BCUT2D eigenvalue weighted by Crippen LogP contribution is -2.52. The zero-order valence-corrected chi connectivity index (χ0v) is 25.1. The number of aryl methyl sites for hydroxylation is 2. The highest BCUT2D eigenvalue weighted by molar-refractivity contribution is 7.92. The van der Waals surface area contributed by atoms with Crippen molar-refractivity contribution in [3.63, 3.8) is 0 Å². The molecule has 1 N–H and O–H groups in total. The minimum Gasteiger partial charge on any atom is -0.352 e. The predicted molar refractivity (Wildman–Crippen MR) is 156 cm³/mol. The number of rotatable bonds is 11. The van der Waals surface area contributed by atoms with E-state index in [0.717, 1.165) is 28.8 Å². The second-order valence-electron chi connectivity index (χ2n) is 10.3. The first-order valence-electron chi connectivity index (χ1n) is 13.6. The Morgan fingerprint density at radius 1 is 0.929 bits per heavy atom. The fourth-order valence-electron chi connectivity index (χ4n) is 4.22. The number of benzene rings is 3. The second kappa shape index (κ2) is 13.4. The number of nitrogens with one attached hydrogen (secondary N) is 1. The summed E-state index contributed by atoms with van der Waals surface area (Å²) >= 11 is 0. The van der Waals surface area contributed by atoms with Crippen molar-refractivity contribution in [2.75, 3.05) is 10.8 Å². The Hall–Kier alpha value is -3.86. The summed E-state index contributed by atoms with van der Waals surface area (Å²) in [4.78, 5) is 28.2. The monoisotopic (exact) mass is 603 g/mol. The quantitative estimate of drug-likeness (QED) is 0.298. The van der Waals surface area contributed by atoms with Gasteiger partial charge >= 0.3 is 6.18 Å². The molecule has 3 aromatic carbocycles. The molecular weight excluding hydrogens is 567 g/mol. The maximum atomic E-state index is 14.0. The SMILES string of the molecule is CC[C@H](C)NC(=O)[C@H](C)N(Cc1ccccc1C)C(=O)CN(c1cccc(C(F)(F)F)c1)S(=O)(=O)c1ccc(C)cc1. The Morgan fingerprint density at radius 2 is 1.57 bits per heavy atom. The molecule has 0 aliphatic carbocycles. The molecule has 3 rings (SSSR count). The Morgan fingerprint density at radius 3 is 2.17 bits per heavy atom. The van der Waals surface area contributed by atoms with Crippen molar-refractivity contribution in [3.05, 3.63) is 95.1 Å². The second-order valence-corrected chi connectivity index (χ2v) is 12.2. The Balaban J connectivity index is 2.10. The molecule has 0 aromatic heterocycles. The number of anilines is 1. The highest BCUT2D eigenvalue weighted by atomic mass is 32.2. The molecule has 42 heavy (non-hydrogen) atoms. The summed E-state index contributed by atoms with van der Waals surface area (Å²) in [6, 6.07) is 15.7. The minimum atomic E-state index is -4.74. The van der Waals surface area contributed by atoms with Crippen LogP contribution in [-0.4, -0.2) is 43.8 Å². The first-order valence-corrected chi connectivity index (χ1v) is 15.0. The standard InChI is InChI=1S/C31H36F3N3O4S/c1-6-23(4)35-30(39)24(5)36(19-25-11-8-7-10-22(25)3)29(38)20-37(27-13-9-12-26(18-27)31(32,33)34)42(40,41)28-16-14-21(2)15-17-28/h7-18,23-24H,6,19-20H2,1-5H3,(H,35,39)/t23-,24-/m0/s1. The Labute approximate surface area is 245 Å². The molecule has 0 spiro atoms. The normalized spacial score (nSPS) is 13.2. The van der Waals surface area contributed by atoms with E-state index >= 15 is 0 Å². The van der Waals surface area contributed by atoms with E-state index in [1.807, 2.05) is 32.9 Å². The number of carbonyl (C=O) groups excluding carboxylic acids is 2. The number of nitrogens with zero attached hydrogens (tertiary/aromatic N) is 2. The van der Waals surface area contributed by atoms with Gasteiger partial charge in [-0.05, 0) is 75.6 Å². The van der Waals surface area contributed by atoms with Gasteiger partial charge in [0.25, 0.3) is 10.0 Å². The largest absolute Gasteiger partial charge is 0.416 e. The maximum Gasteiger partial charge on any atom is 0.416 e. The van der Waals surface area contributed by atoms with Crippen LogP contribution < -0.4 is 9.62 Å². The van der Waals surface area contributed by atoms with E-state index in [0.29, 0.717) is 16.8 Å². The smallest absolute Gasteiger partial charge is 0.352 e. The van der Waals surface area contributed by atoms with Gasteiger partial charge in [0, 0.05) is 12.6 Å². The molecule has 0 unspecified atom stereocenters. The molecule has 0 fully saturated rings. The molecule has 2 amide bonds. The van der Waals surface area contributed by atoms with Crippen LogP contribution in [-0.2, 0) is 32.3 Å².